The molecule has 2 rings (SSSR count). The van der Waals surface area contributed by atoms with E-state index >= 15 is 0 Å². The van der Waals surface area contributed by atoms with Gasteiger partial charge in [-0.3, -0.25) is 0 Å². The number of hydrogen-bond acceptors (Lipinski definition) is 4. The Labute approximate surface area is 141 Å². The maximum absolute atomic E-state index is 11.9. The van der Waals surface area contributed by atoms with Gasteiger partial charge in [0.25, 0.3) is 0 Å². The summed E-state index contributed by atoms with van der Waals surface area (Å²) in [4.78, 5) is 13.9. The molecular weight excluding hydrogens is 397 g/mol. The highest BCUT2D eigenvalue weighted by molar-refractivity contribution is 14.1. The minimum atomic E-state index is -0.459. The van der Waals surface area contributed by atoms with Gasteiger partial charge in [0.15, 0.2) is 0 Å². The quantitative estimate of drug-likeness (QED) is 0.552. The molecule has 0 bridgehead atoms. The van der Waals surface area contributed by atoms with E-state index in [0.29, 0.717) is 11.1 Å². The first-order valence-corrected chi connectivity index (χ1v) is 8.18. The summed E-state index contributed by atoms with van der Waals surface area (Å²) in [5, 5.41) is 9.08. The van der Waals surface area contributed by atoms with Crippen molar-refractivity contribution in [1.82, 2.24) is 0 Å². The molecule has 0 saturated heterocycles. The maximum Gasteiger partial charge on any atom is 0.339 e. The van der Waals surface area contributed by atoms with E-state index in [9.17, 15) is 4.79 Å². The molecule has 0 unspecified atom stereocenters. The summed E-state index contributed by atoms with van der Waals surface area (Å²) < 4.78 is 6.16. The molecule has 5 heteroatoms. The summed E-state index contributed by atoms with van der Waals surface area (Å²) in [6.45, 7) is 2.03. The van der Waals surface area contributed by atoms with Crippen LogP contribution in [0.5, 0.6) is 0 Å². The summed E-state index contributed by atoms with van der Waals surface area (Å²) in [6.07, 6.45) is 0. The molecule has 0 fully saturated rings. The van der Waals surface area contributed by atoms with Gasteiger partial charge in [-0.2, -0.15) is 5.26 Å². The lowest BCUT2D eigenvalue weighted by Crippen LogP contribution is -2.07. The van der Waals surface area contributed by atoms with Crippen LogP contribution in [0.15, 0.2) is 52.3 Å². The van der Waals surface area contributed by atoms with Crippen LogP contribution in [0.25, 0.3) is 0 Å². The van der Waals surface area contributed by atoms with Crippen molar-refractivity contribution in [1.29, 1.82) is 5.26 Å². The molecule has 0 saturated carbocycles. The van der Waals surface area contributed by atoms with E-state index in [1.165, 1.54) is 3.57 Å². The van der Waals surface area contributed by atoms with E-state index < -0.39 is 5.97 Å². The van der Waals surface area contributed by atoms with Gasteiger partial charge in [0.1, 0.15) is 6.07 Å². The fourth-order valence-corrected chi connectivity index (χ4v) is 2.92. The Balaban J connectivity index is 2.29. The molecule has 0 N–H and O–H groups in total. The third kappa shape index (κ3) is 4.22. The zero-order chi connectivity index (χ0) is 15.2. The highest BCUT2D eigenvalue weighted by Gasteiger charge is 2.13. The number of hydrogen-bond donors (Lipinski definition) is 0. The Morgan fingerprint density at radius 1 is 1.24 bits per heavy atom. The summed E-state index contributed by atoms with van der Waals surface area (Å²) in [7, 11) is 0. The van der Waals surface area contributed by atoms with E-state index in [2.05, 4.69) is 22.6 Å². The average Bonchev–Trinajstić information content (AvgIpc) is 2.50. The largest absolute Gasteiger partial charge is 0.462 e. The SMILES string of the molecule is CCOC(=O)c1cc(Sc2ccc(I)cc2)ccc1C#N. The van der Waals surface area contributed by atoms with Crippen molar-refractivity contribution in [2.24, 2.45) is 0 Å². The Morgan fingerprint density at radius 3 is 2.52 bits per heavy atom. The second-order valence-corrected chi connectivity index (χ2v) is 6.49. The van der Waals surface area contributed by atoms with E-state index in [-0.39, 0.29) is 6.61 Å². The first-order chi connectivity index (χ1) is 10.1. The van der Waals surface area contributed by atoms with E-state index in [1.807, 2.05) is 36.4 Å². The molecule has 0 radical (unpaired) electrons. The summed E-state index contributed by atoms with van der Waals surface area (Å²) in [5.74, 6) is -0.459. The first-order valence-electron chi connectivity index (χ1n) is 6.28. The van der Waals surface area contributed by atoms with Crippen molar-refractivity contribution >= 4 is 40.3 Å². The van der Waals surface area contributed by atoms with Crippen molar-refractivity contribution < 1.29 is 9.53 Å². The predicted octanol–water partition coefficient (Wildman–Crippen LogP) is 4.49. The summed E-state index contributed by atoms with van der Waals surface area (Å²) in [5.41, 5.74) is 0.648. The Kier molecular flexibility index (Phi) is 5.65. The number of carbonyl (C=O) groups excluding carboxylic acids is 1. The third-order valence-corrected chi connectivity index (χ3v) is 4.37. The number of nitriles is 1. The van der Waals surface area contributed by atoms with Crippen molar-refractivity contribution in [3.8, 4) is 6.07 Å². The highest BCUT2D eigenvalue weighted by Crippen LogP contribution is 2.29. The molecular formula is C16H12INO2S. The Bertz CT molecular complexity index is 692. The van der Waals surface area contributed by atoms with Crippen LogP contribution in [0, 0.1) is 14.9 Å². The number of rotatable bonds is 4. The number of nitrogens with zero attached hydrogens (tertiary/aromatic N) is 1. The smallest absolute Gasteiger partial charge is 0.339 e. The van der Waals surface area contributed by atoms with Gasteiger partial charge in [-0.15, -0.1) is 0 Å². The topological polar surface area (TPSA) is 50.1 Å². The molecule has 0 aliphatic rings. The van der Waals surface area contributed by atoms with Gasteiger partial charge in [0.2, 0.25) is 0 Å². The van der Waals surface area contributed by atoms with Gasteiger partial charge in [0, 0.05) is 13.4 Å². The zero-order valence-electron chi connectivity index (χ0n) is 11.3. The lowest BCUT2D eigenvalue weighted by atomic mass is 10.1. The Hall–Kier alpha value is -1.52. The van der Waals surface area contributed by atoms with Gasteiger partial charge < -0.3 is 4.74 Å². The second-order valence-electron chi connectivity index (χ2n) is 4.10. The molecule has 106 valence electrons. The minimum Gasteiger partial charge on any atom is -0.462 e. The van der Waals surface area contributed by atoms with Crippen molar-refractivity contribution in [3.63, 3.8) is 0 Å². The molecule has 0 atom stereocenters. The maximum atomic E-state index is 11.9. The van der Waals surface area contributed by atoms with E-state index in [0.717, 1.165) is 9.79 Å². The van der Waals surface area contributed by atoms with Crippen molar-refractivity contribution in [2.75, 3.05) is 6.61 Å². The molecule has 0 amide bonds. The molecule has 0 heterocycles. The summed E-state index contributed by atoms with van der Waals surface area (Å²) in [6, 6.07) is 15.3. The zero-order valence-corrected chi connectivity index (χ0v) is 14.3. The van der Waals surface area contributed by atoms with Crippen molar-refractivity contribution in [3.05, 3.63) is 57.2 Å². The van der Waals surface area contributed by atoms with Gasteiger partial charge in [0.05, 0.1) is 17.7 Å². The third-order valence-electron chi connectivity index (χ3n) is 2.66. The lowest BCUT2D eigenvalue weighted by molar-refractivity contribution is 0.0525. The number of benzene rings is 2. The van der Waals surface area contributed by atoms with Crippen molar-refractivity contribution in [2.45, 2.75) is 16.7 Å². The number of carbonyl (C=O) groups is 1. The fraction of sp³-hybridized carbons (Fsp3) is 0.125. The van der Waals surface area contributed by atoms with Crippen LogP contribution in [0.3, 0.4) is 0 Å². The highest BCUT2D eigenvalue weighted by atomic mass is 127. The van der Waals surface area contributed by atoms with Crippen LogP contribution in [-0.2, 0) is 4.74 Å². The molecule has 2 aromatic rings. The fourth-order valence-electron chi connectivity index (χ4n) is 1.70. The number of esters is 1. The molecule has 0 aromatic heterocycles. The van der Waals surface area contributed by atoms with Gasteiger partial charge in [-0.1, -0.05) is 11.8 Å². The van der Waals surface area contributed by atoms with E-state index in [4.69, 9.17) is 10.00 Å². The summed E-state index contributed by atoms with van der Waals surface area (Å²) >= 11 is 3.80. The van der Waals surface area contributed by atoms with Crippen LogP contribution in [0.1, 0.15) is 22.8 Å². The van der Waals surface area contributed by atoms with Crippen LogP contribution in [0.2, 0.25) is 0 Å². The van der Waals surface area contributed by atoms with Gasteiger partial charge in [-0.25, -0.2) is 4.79 Å². The molecule has 2 aromatic carbocycles. The predicted molar refractivity (Wildman–Crippen MR) is 90.4 cm³/mol. The normalized spacial score (nSPS) is 9.95. The van der Waals surface area contributed by atoms with Crippen LogP contribution >= 0.6 is 34.4 Å². The standard InChI is InChI=1S/C16H12INO2S/c1-2-20-16(19)15-9-14(6-3-11(15)10-18)21-13-7-4-12(17)5-8-13/h3-9H,2H2,1H3. The van der Waals surface area contributed by atoms with Gasteiger partial charge >= 0.3 is 5.97 Å². The second kappa shape index (κ2) is 7.48. The molecule has 0 spiro atoms. The minimum absolute atomic E-state index is 0.290. The molecule has 0 aliphatic heterocycles. The average molecular weight is 409 g/mol. The molecule has 0 aliphatic carbocycles. The van der Waals surface area contributed by atoms with Crippen LogP contribution in [-0.4, -0.2) is 12.6 Å². The van der Waals surface area contributed by atoms with Gasteiger partial charge in [-0.05, 0) is 72.0 Å². The lowest BCUT2D eigenvalue weighted by Gasteiger charge is -2.07. The van der Waals surface area contributed by atoms with Crippen LogP contribution in [0.4, 0.5) is 0 Å². The van der Waals surface area contributed by atoms with E-state index in [1.54, 1.807) is 30.8 Å². The monoisotopic (exact) mass is 409 g/mol. The number of halogens is 1. The molecule has 3 nitrogen and oxygen atoms in total. The molecule has 21 heavy (non-hydrogen) atoms. The Morgan fingerprint density at radius 2 is 1.90 bits per heavy atom. The van der Waals surface area contributed by atoms with Crippen LogP contribution < -0.4 is 0 Å². The first kappa shape index (κ1) is 15.9. The number of ether oxygens (including phenoxy) is 1.